The number of carbonyl (C=O) groups is 3. The van der Waals surface area contributed by atoms with Gasteiger partial charge in [-0.25, -0.2) is 4.79 Å². The van der Waals surface area contributed by atoms with Gasteiger partial charge in [0.15, 0.2) is 5.97 Å². The first kappa shape index (κ1) is 21.4. The standard InChI is InChI=1S/C16H24N2O2.C2H2O4/c1-17(2)9-4-10-18-12-14(11-16(18)19)13-5-7-15(20-3)8-6-13;3-1(4)2(5)6/h5-8,14H,4,9-12H2,1-3H3;(H,3,4)(H,5,6). The summed E-state index contributed by atoms with van der Waals surface area (Å²) in [6, 6.07) is 8.09. The Morgan fingerprint density at radius 1 is 1.31 bits per heavy atom. The van der Waals surface area contributed by atoms with Gasteiger partial charge in [-0.3, -0.25) is 4.79 Å². The van der Waals surface area contributed by atoms with Gasteiger partial charge in [0.2, 0.25) is 5.91 Å². The van der Waals surface area contributed by atoms with Crippen LogP contribution in [0.4, 0.5) is 0 Å². The maximum absolute atomic E-state index is 12.1. The van der Waals surface area contributed by atoms with Gasteiger partial charge in [0.25, 0.3) is 0 Å². The van der Waals surface area contributed by atoms with Gasteiger partial charge in [-0.1, -0.05) is 12.1 Å². The lowest BCUT2D eigenvalue weighted by Gasteiger charge is -2.17. The van der Waals surface area contributed by atoms with Crippen molar-refractivity contribution in [3.05, 3.63) is 29.8 Å². The number of amides is 1. The molecule has 1 aliphatic heterocycles. The van der Waals surface area contributed by atoms with Crippen LogP contribution in [-0.4, -0.2) is 68.7 Å². The second-order valence-electron chi connectivity index (χ2n) is 6.42. The first-order valence-electron chi connectivity index (χ1n) is 8.39. The van der Waals surface area contributed by atoms with Crippen LogP contribution >= 0.6 is 0 Å². The number of aliphatic carboxylic acids is 2. The van der Waals surface area contributed by atoms with E-state index in [1.807, 2.05) is 17.0 Å². The molecule has 1 aliphatic rings. The minimum Gasteiger partial charge on any atom is -0.539 e. The van der Waals surface area contributed by atoms with Crippen LogP contribution in [-0.2, 0) is 14.4 Å². The van der Waals surface area contributed by atoms with E-state index >= 15 is 0 Å². The number of carboxylic acids is 2. The average Bonchev–Trinajstić information content (AvgIpc) is 2.96. The Bertz CT molecular complexity index is 603. The van der Waals surface area contributed by atoms with Crippen molar-refractivity contribution in [2.45, 2.75) is 18.8 Å². The molecule has 0 radical (unpaired) electrons. The number of hydrogen-bond donors (Lipinski definition) is 2. The molecule has 0 saturated carbocycles. The molecule has 1 heterocycles. The van der Waals surface area contributed by atoms with E-state index in [0.29, 0.717) is 18.2 Å². The zero-order valence-corrected chi connectivity index (χ0v) is 15.4. The van der Waals surface area contributed by atoms with Crippen LogP contribution in [0, 0.1) is 0 Å². The highest BCUT2D eigenvalue weighted by Gasteiger charge is 2.30. The molecule has 26 heavy (non-hydrogen) atoms. The summed E-state index contributed by atoms with van der Waals surface area (Å²) in [4.78, 5) is 33.5. The number of carbonyl (C=O) groups excluding carboxylic acids is 2. The molecular weight excluding hydrogens is 340 g/mol. The molecule has 0 aromatic heterocycles. The van der Waals surface area contributed by atoms with Crippen LogP contribution in [0.1, 0.15) is 24.3 Å². The van der Waals surface area contributed by atoms with Gasteiger partial charge in [-0.15, -0.1) is 0 Å². The number of hydrogen-bond acceptors (Lipinski definition) is 5. The van der Waals surface area contributed by atoms with E-state index in [4.69, 9.17) is 24.5 Å². The second kappa shape index (κ2) is 10.4. The Morgan fingerprint density at radius 2 is 1.88 bits per heavy atom. The molecule has 1 atom stereocenters. The molecule has 0 aliphatic carbocycles. The predicted octanol–water partition coefficient (Wildman–Crippen LogP) is -1.63. The summed E-state index contributed by atoms with van der Waals surface area (Å²) in [6.45, 7) is 2.85. The lowest BCUT2D eigenvalue weighted by Crippen LogP contribution is -3.05. The normalized spacial score (nSPS) is 16.2. The average molecular weight is 366 g/mol. The third kappa shape index (κ3) is 7.10. The molecule has 2 rings (SSSR count). The first-order chi connectivity index (χ1) is 12.2. The van der Waals surface area contributed by atoms with E-state index < -0.39 is 11.9 Å². The van der Waals surface area contributed by atoms with Gasteiger partial charge in [-0.2, -0.15) is 0 Å². The Hall–Kier alpha value is -2.61. The van der Waals surface area contributed by atoms with Crippen LogP contribution < -0.4 is 14.7 Å². The summed E-state index contributed by atoms with van der Waals surface area (Å²) in [5, 5.41) is 16.3. The molecule has 8 nitrogen and oxygen atoms in total. The Morgan fingerprint density at radius 3 is 2.35 bits per heavy atom. The molecule has 2 N–H and O–H groups in total. The fraction of sp³-hybridized carbons (Fsp3) is 0.500. The summed E-state index contributed by atoms with van der Waals surface area (Å²) < 4.78 is 5.17. The van der Waals surface area contributed by atoms with Crippen LogP contribution in [0.15, 0.2) is 24.3 Å². The van der Waals surface area contributed by atoms with Crippen LogP contribution in [0.2, 0.25) is 0 Å². The lowest BCUT2D eigenvalue weighted by atomic mass is 9.98. The van der Waals surface area contributed by atoms with Gasteiger partial charge in [0.1, 0.15) is 5.75 Å². The fourth-order valence-electron chi connectivity index (χ4n) is 2.71. The monoisotopic (exact) mass is 366 g/mol. The second-order valence-corrected chi connectivity index (χ2v) is 6.42. The van der Waals surface area contributed by atoms with E-state index in [1.165, 1.54) is 10.5 Å². The number of nitrogens with one attached hydrogen (secondary N) is 1. The van der Waals surface area contributed by atoms with E-state index in [1.54, 1.807) is 7.11 Å². The molecule has 1 aromatic rings. The fourth-order valence-corrected chi connectivity index (χ4v) is 2.71. The number of rotatable bonds is 6. The number of likely N-dealkylation sites (tertiary alicyclic amines) is 1. The Balaban J connectivity index is 0.000000487. The summed E-state index contributed by atoms with van der Waals surface area (Å²) in [7, 11) is 5.96. The SMILES string of the molecule is COc1ccc(C2CC(=O)N(CCC[NH+](C)C)C2)cc1.O=C([O-])C(=O)O. The summed E-state index contributed by atoms with van der Waals surface area (Å²) in [5.41, 5.74) is 1.24. The minimum atomic E-state index is -2.07. The minimum absolute atomic E-state index is 0.291. The largest absolute Gasteiger partial charge is 0.539 e. The molecule has 1 aromatic carbocycles. The number of quaternary nitrogens is 1. The third-order valence-corrected chi connectivity index (χ3v) is 4.08. The highest BCUT2D eigenvalue weighted by atomic mass is 16.5. The number of carboxylic acid groups (broad SMARTS) is 2. The Labute approximate surface area is 153 Å². The Kier molecular flexibility index (Phi) is 8.57. The van der Waals surface area contributed by atoms with Crippen LogP contribution in [0.3, 0.4) is 0 Å². The van der Waals surface area contributed by atoms with E-state index in [9.17, 15) is 4.79 Å². The van der Waals surface area contributed by atoms with Gasteiger partial charge < -0.3 is 29.5 Å². The predicted molar refractivity (Wildman–Crippen MR) is 91.9 cm³/mol. The number of nitrogens with zero attached hydrogens (tertiary/aromatic N) is 1. The van der Waals surface area contributed by atoms with Crippen LogP contribution in [0.5, 0.6) is 5.75 Å². The van der Waals surface area contributed by atoms with Gasteiger partial charge in [0, 0.05) is 31.8 Å². The molecule has 1 saturated heterocycles. The molecule has 8 heteroatoms. The van der Waals surface area contributed by atoms with Crippen molar-refractivity contribution < 1.29 is 34.2 Å². The van der Waals surface area contributed by atoms with Crippen molar-refractivity contribution in [3.8, 4) is 5.75 Å². The van der Waals surface area contributed by atoms with E-state index in [2.05, 4.69) is 26.2 Å². The van der Waals surface area contributed by atoms with Crippen LogP contribution in [0.25, 0.3) is 0 Å². The number of ether oxygens (including phenoxy) is 1. The molecule has 1 fully saturated rings. The molecule has 0 spiro atoms. The third-order valence-electron chi connectivity index (χ3n) is 4.08. The zero-order valence-electron chi connectivity index (χ0n) is 15.4. The van der Waals surface area contributed by atoms with Gasteiger partial charge in [0.05, 0.1) is 27.7 Å². The molecule has 1 amide bonds. The van der Waals surface area contributed by atoms with Crippen molar-refractivity contribution in [2.75, 3.05) is 40.8 Å². The summed E-state index contributed by atoms with van der Waals surface area (Å²) >= 11 is 0. The smallest absolute Gasteiger partial charge is 0.351 e. The van der Waals surface area contributed by atoms with Crippen molar-refractivity contribution in [1.82, 2.24) is 4.90 Å². The highest BCUT2D eigenvalue weighted by molar-refractivity contribution is 6.26. The molecule has 144 valence electrons. The maximum atomic E-state index is 12.1. The van der Waals surface area contributed by atoms with Crippen molar-refractivity contribution >= 4 is 17.8 Å². The topological polar surface area (TPSA) is 111 Å². The summed E-state index contributed by atoms with van der Waals surface area (Å²) in [5.74, 6) is -2.52. The van der Waals surface area contributed by atoms with E-state index in [-0.39, 0.29) is 0 Å². The number of methoxy groups -OCH3 is 1. The van der Waals surface area contributed by atoms with E-state index in [0.717, 1.165) is 31.8 Å². The van der Waals surface area contributed by atoms with Crippen molar-refractivity contribution in [3.63, 3.8) is 0 Å². The first-order valence-corrected chi connectivity index (χ1v) is 8.39. The highest BCUT2D eigenvalue weighted by Crippen LogP contribution is 2.29. The molecule has 0 bridgehead atoms. The van der Waals surface area contributed by atoms with Crippen molar-refractivity contribution in [1.29, 1.82) is 0 Å². The lowest BCUT2D eigenvalue weighted by molar-refractivity contribution is -0.858. The molecular formula is C18H26N2O6. The summed E-state index contributed by atoms with van der Waals surface area (Å²) in [6.07, 6.45) is 1.71. The number of benzene rings is 1. The van der Waals surface area contributed by atoms with Crippen molar-refractivity contribution in [2.24, 2.45) is 0 Å². The zero-order chi connectivity index (χ0) is 19.7. The van der Waals surface area contributed by atoms with Gasteiger partial charge in [-0.05, 0) is 17.7 Å². The maximum Gasteiger partial charge on any atom is 0.351 e. The molecule has 1 unspecified atom stereocenters. The van der Waals surface area contributed by atoms with Gasteiger partial charge >= 0.3 is 5.97 Å². The quantitative estimate of drug-likeness (QED) is 0.585.